The summed E-state index contributed by atoms with van der Waals surface area (Å²) in [5, 5.41) is 12.2. The molecule has 0 atom stereocenters. The highest BCUT2D eigenvalue weighted by Crippen LogP contribution is 2.27. The van der Waals surface area contributed by atoms with Gasteiger partial charge in [0.05, 0.1) is 12.1 Å². The molecule has 8 heteroatoms. The first-order valence-electron chi connectivity index (χ1n) is 7.74. The van der Waals surface area contributed by atoms with Gasteiger partial charge in [-0.1, -0.05) is 11.6 Å². The van der Waals surface area contributed by atoms with Crippen molar-refractivity contribution in [1.82, 2.24) is 4.90 Å². The number of methoxy groups -OCH3 is 1. The van der Waals surface area contributed by atoms with Crippen LogP contribution in [0.4, 0.5) is 5.69 Å². The zero-order valence-electron chi connectivity index (χ0n) is 13.8. The molecular formula is C17H19ClN4O3. The van der Waals surface area contributed by atoms with Crippen molar-refractivity contribution in [1.29, 1.82) is 5.26 Å². The number of nitrogens with one attached hydrogen (secondary N) is 1. The van der Waals surface area contributed by atoms with Crippen LogP contribution < -0.4 is 15.8 Å². The first kappa shape index (κ1) is 18.6. The molecule has 1 heterocycles. The number of anilines is 1. The fourth-order valence-corrected chi connectivity index (χ4v) is 2.83. The van der Waals surface area contributed by atoms with Gasteiger partial charge in [-0.25, -0.2) is 0 Å². The molecule has 25 heavy (non-hydrogen) atoms. The Morgan fingerprint density at radius 2 is 2.12 bits per heavy atom. The highest BCUT2D eigenvalue weighted by Gasteiger charge is 2.22. The molecule has 3 N–H and O–H groups in total. The van der Waals surface area contributed by atoms with Crippen LogP contribution in [-0.2, 0) is 9.59 Å². The molecule has 2 amide bonds. The molecule has 7 nitrogen and oxygen atoms in total. The van der Waals surface area contributed by atoms with Gasteiger partial charge >= 0.3 is 0 Å². The number of nitrogens with two attached hydrogens (primary N) is 1. The smallest absolute Gasteiger partial charge is 0.267 e. The molecule has 0 aliphatic carbocycles. The number of halogens is 1. The average molecular weight is 363 g/mol. The van der Waals surface area contributed by atoms with Crippen LogP contribution in [0.25, 0.3) is 0 Å². The van der Waals surface area contributed by atoms with Crippen LogP contribution in [0.1, 0.15) is 12.8 Å². The monoisotopic (exact) mass is 362 g/mol. The van der Waals surface area contributed by atoms with E-state index in [1.54, 1.807) is 18.2 Å². The van der Waals surface area contributed by atoms with E-state index in [0.29, 0.717) is 42.4 Å². The lowest BCUT2D eigenvalue weighted by Gasteiger charge is -2.29. The van der Waals surface area contributed by atoms with Crippen molar-refractivity contribution < 1.29 is 14.3 Å². The summed E-state index contributed by atoms with van der Waals surface area (Å²) < 4.78 is 5.05. The molecule has 1 aliphatic rings. The molecule has 1 saturated heterocycles. The molecule has 0 spiro atoms. The van der Waals surface area contributed by atoms with E-state index in [1.807, 2.05) is 11.0 Å². The van der Waals surface area contributed by atoms with Crippen LogP contribution in [0, 0.1) is 17.2 Å². The SMILES string of the molecule is COc1ccc(NC(=O)/C(C#N)=C\N2CCC(C(N)=O)CC2)cc1Cl. The number of nitrogens with zero attached hydrogens (tertiary/aromatic N) is 2. The fraction of sp³-hybridized carbons (Fsp3) is 0.353. The van der Waals surface area contributed by atoms with Crippen molar-refractivity contribution in [3.05, 3.63) is 35.0 Å². The van der Waals surface area contributed by atoms with Gasteiger partial charge < -0.3 is 20.7 Å². The van der Waals surface area contributed by atoms with Crippen LogP contribution in [0.2, 0.25) is 5.02 Å². The predicted molar refractivity (Wildman–Crippen MR) is 93.8 cm³/mol. The molecule has 1 aromatic carbocycles. The van der Waals surface area contributed by atoms with Gasteiger partial charge in [-0.3, -0.25) is 9.59 Å². The number of ether oxygens (including phenoxy) is 1. The van der Waals surface area contributed by atoms with E-state index in [-0.39, 0.29) is 17.4 Å². The number of rotatable bonds is 5. The summed E-state index contributed by atoms with van der Waals surface area (Å²) in [6.07, 6.45) is 2.73. The Hall–Kier alpha value is -2.72. The molecule has 0 unspecified atom stereocenters. The molecular weight excluding hydrogens is 344 g/mol. The van der Waals surface area contributed by atoms with E-state index < -0.39 is 5.91 Å². The lowest BCUT2D eigenvalue weighted by molar-refractivity contribution is -0.123. The Kier molecular flexibility index (Phi) is 6.25. The molecule has 1 aliphatic heterocycles. The normalized spacial score (nSPS) is 15.4. The van der Waals surface area contributed by atoms with Gasteiger partial charge in [-0.15, -0.1) is 0 Å². The van der Waals surface area contributed by atoms with Crippen LogP contribution in [0.3, 0.4) is 0 Å². The maximum Gasteiger partial charge on any atom is 0.267 e. The number of likely N-dealkylation sites (tertiary alicyclic amines) is 1. The number of primary amides is 1. The highest BCUT2D eigenvalue weighted by atomic mass is 35.5. The maximum absolute atomic E-state index is 12.3. The van der Waals surface area contributed by atoms with Crippen molar-refractivity contribution in [3.8, 4) is 11.8 Å². The topological polar surface area (TPSA) is 108 Å². The zero-order valence-corrected chi connectivity index (χ0v) is 14.5. The molecule has 1 aromatic rings. The Bertz CT molecular complexity index is 734. The van der Waals surface area contributed by atoms with E-state index in [0.717, 1.165) is 0 Å². The Morgan fingerprint density at radius 3 is 2.64 bits per heavy atom. The van der Waals surface area contributed by atoms with E-state index >= 15 is 0 Å². The van der Waals surface area contributed by atoms with Crippen molar-refractivity contribution in [2.24, 2.45) is 11.7 Å². The summed E-state index contributed by atoms with van der Waals surface area (Å²) in [5.74, 6) is -0.488. The molecule has 0 aromatic heterocycles. The summed E-state index contributed by atoms with van der Waals surface area (Å²) in [7, 11) is 1.50. The number of benzene rings is 1. The second-order valence-electron chi connectivity index (χ2n) is 5.67. The second-order valence-corrected chi connectivity index (χ2v) is 6.08. The van der Waals surface area contributed by atoms with Crippen LogP contribution in [0.15, 0.2) is 30.0 Å². The zero-order chi connectivity index (χ0) is 18.4. The molecule has 0 radical (unpaired) electrons. The maximum atomic E-state index is 12.3. The lowest BCUT2D eigenvalue weighted by atomic mass is 9.96. The fourth-order valence-electron chi connectivity index (χ4n) is 2.58. The number of amides is 2. The third-order valence-corrected chi connectivity index (χ3v) is 4.31. The number of piperidine rings is 1. The quantitative estimate of drug-likeness (QED) is 0.614. The Morgan fingerprint density at radius 1 is 1.44 bits per heavy atom. The minimum atomic E-state index is -0.527. The third-order valence-electron chi connectivity index (χ3n) is 4.02. The minimum absolute atomic E-state index is 0.0236. The van der Waals surface area contributed by atoms with Gasteiger partial charge in [-0.2, -0.15) is 5.26 Å². The summed E-state index contributed by atoms with van der Waals surface area (Å²) in [5.41, 5.74) is 5.74. The van der Waals surface area contributed by atoms with Gasteiger partial charge in [0.15, 0.2) is 0 Å². The van der Waals surface area contributed by atoms with Gasteiger partial charge in [0.1, 0.15) is 17.4 Å². The van der Waals surface area contributed by atoms with Crippen molar-refractivity contribution in [3.63, 3.8) is 0 Å². The van der Waals surface area contributed by atoms with E-state index in [1.165, 1.54) is 13.3 Å². The van der Waals surface area contributed by atoms with Crippen molar-refractivity contribution in [2.75, 3.05) is 25.5 Å². The largest absolute Gasteiger partial charge is 0.495 e. The second kappa shape index (κ2) is 8.40. The molecule has 2 rings (SSSR count). The summed E-state index contributed by atoms with van der Waals surface area (Å²) in [4.78, 5) is 25.3. The first-order valence-corrected chi connectivity index (χ1v) is 8.12. The summed E-state index contributed by atoms with van der Waals surface area (Å²) in [6.45, 7) is 1.14. The number of hydrogen-bond acceptors (Lipinski definition) is 5. The summed E-state index contributed by atoms with van der Waals surface area (Å²) >= 11 is 6.02. The van der Waals surface area contributed by atoms with Crippen molar-refractivity contribution in [2.45, 2.75) is 12.8 Å². The van der Waals surface area contributed by atoms with Gasteiger partial charge in [-0.05, 0) is 31.0 Å². The van der Waals surface area contributed by atoms with Gasteiger partial charge in [0.25, 0.3) is 5.91 Å². The number of nitriles is 1. The molecule has 0 saturated carbocycles. The van der Waals surface area contributed by atoms with Gasteiger partial charge in [0.2, 0.25) is 5.91 Å². The first-order chi connectivity index (χ1) is 11.9. The number of carbonyl (C=O) groups excluding carboxylic acids is 2. The number of carbonyl (C=O) groups is 2. The number of hydrogen-bond donors (Lipinski definition) is 2. The minimum Gasteiger partial charge on any atom is -0.495 e. The average Bonchev–Trinajstić information content (AvgIpc) is 2.60. The summed E-state index contributed by atoms with van der Waals surface area (Å²) in [6, 6.07) is 6.71. The van der Waals surface area contributed by atoms with Crippen LogP contribution in [0.5, 0.6) is 5.75 Å². The standard InChI is InChI=1S/C17H19ClN4O3/c1-25-15-3-2-13(8-14(15)18)21-17(24)12(9-19)10-22-6-4-11(5-7-22)16(20)23/h2-3,8,10-11H,4-7H2,1H3,(H2,20,23)(H,21,24)/b12-10-. The lowest BCUT2D eigenvalue weighted by Crippen LogP contribution is -2.36. The van der Waals surface area contributed by atoms with Crippen LogP contribution >= 0.6 is 11.6 Å². The Balaban J connectivity index is 2.02. The predicted octanol–water partition coefficient (Wildman–Crippen LogP) is 1.89. The van der Waals surface area contributed by atoms with E-state index in [9.17, 15) is 14.9 Å². The molecule has 0 bridgehead atoms. The third kappa shape index (κ3) is 4.88. The van der Waals surface area contributed by atoms with Crippen molar-refractivity contribution >= 4 is 29.1 Å². The molecule has 1 fully saturated rings. The van der Waals surface area contributed by atoms with Crippen LogP contribution in [-0.4, -0.2) is 36.9 Å². The van der Waals surface area contributed by atoms with E-state index in [2.05, 4.69) is 5.32 Å². The highest BCUT2D eigenvalue weighted by molar-refractivity contribution is 6.32. The van der Waals surface area contributed by atoms with E-state index in [4.69, 9.17) is 22.1 Å². The Labute approximate surface area is 151 Å². The van der Waals surface area contributed by atoms with Gasteiger partial charge in [0, 0.05) is 30.9 Å². The molecule has 132 valence electrons.